The van der Waals surface area contributed by atoms with Crippen LogP contribution in [-0.4, -0.2) is 38.5 Å². The van der Waals surface area contributed by atoms with Crippen molar-refractivity contribution in [1.29, 1.82) is 0 Å². The lowest BCUT2D eigenvalue weighted by Gasteiger charge is -2.22. The molecule has 5 heterocycles. The van der Waals surface area contributed by atoms with Crippen molar-refractivity contribution < 1.29 is 4.74 Å². The number of nitrogens with one attached hydrogen (secondary N) is 1. The van der Waals surface area contributed by atoms with E-state index in [-0.39, 0.29) is 6.23 Å². The van der Waals surface area contributed by atoms with Gasteiger partial charge in [0.25, 0.3) is 0 Å². The molecule has 3 aromatic heterocycles. The minimum Gasteiger partial charge on any atom is -0.357 e. The third-order valence-electron chi connectivity index (χ3n) is 5.88. The summed E-state index contributed by atoms with van der Waals surface area (Å²) >= 11 is 0. The maximum atomic E-state index is 5.83. The van der Waals surface area contributed by atoms with Crippen molar-refractivity contribution in [2.75, 3.05) is 13.2 Å². The molecule has 6 nitrogen and oxygen atoms in total. The monoisotopic (exact) mass is 365 g/mol. The molecule has 6 heteroatoms. The fourth-order valence-corrected chi connectivity index (χ4v) is 4.41. The molecule has 0 aliphatic carbocycles. The first-order chi connectivity index (χ1) is 13.3. The Morgan fingerprint density at radius 1 is 1.26 bits per heavy atom. The molecule has 2 saturated heterocycles. The van der Waals surface area contributed by atoms with Crippen LogP contribution in [0.5, 0.6) is 0 Å². The Labute approximate surface area is 159 Å². The first-order valence-electron chi connectivity index (χ1n) is 10.1. The molecule has 0 bridgehead atoms. The van der Waals surface area contributed by atoms with E-state index in [1.807, 2.05) is 17.1 Å². The largest absolute Gasteiger partial charge is 0.357 e. The number of nitrogens with zero attached hydrogens (tertiary/aromatic N) is 4. The van der Waals surface area contributed by atoms with Crippen LogP contribution in [0.1, 0.15) is 38.8 Å². The zero-order valence-corrected chi connectivity index (χ0v) is 15.8. The van der Waals surface area contributed by atoms with Crippen LogP contribution in [0.25, 0.3) is 22.2 Å². The predicted octanol–water partition coefficient (Wildman–Crippen LogP) is 3.60. The molecule has 1 unspecified atom stereocenters. The van der Waals surface area contributed by atoms with Gasteiger partial charge in [-0.25, -0.2) is 9.67 Å². The van der Waals surface area contributed by atoms with Crippen LogP contribution in [-0.2, 0) is 11.3 Å². The van der Waals surface area contributed by atoms with Crippen molar-refractivity contribution in [3.8, 4) is 11.1 Å². The normalized spacial score (nSPS) is 26.0. The van der Waals surface area contributed by atoms with Crippen LogP contribution in [0.4, 0.5) is 0 Å². The first-order valence-corrected chi connectivity index (χ1v) is 10.1. The third kappa shape index (κ3) is 3.39. The van der Waals surface area contributed by atoms with Gasteiger partial charge in [-0.15, -0.1) is 0 Å². The smallest absolute Gasteiger partial charge is 0.150 e. The van der Waals surface area contributed by atoms with E-state index < -0.39 is 0 Å². The topological polar surface area (TPSA) is 56.9 Å². The molecule has 2 aliphatic rings. The van der Waals surface area contributed by atoms with Crippen molar-refractivity contribution in [3.63, 3.8) is 0 Å². The van der Waals surface area contributed by atoms with Crippen molar-refractivity contribution in [2.45, 2.75) is 51.4 Å². The molecule has 0 radical (unpaired) electrons. The minimum absolute atomic E-state index is 0.0766. The van der Waals surface area contributed by atoms with E-state index in [1.165, 1.54) is 18.2 Å². The van der Waals surface area contributed by atoms with Gasteiger partial charge in [0, 0.05) is 54.3 Å². The number of hydrogen-bond acceptors (Lipinski definition) is 4. The van der Waals surface area contributed by atoms with E-state index in [2.05, 4.69) is 46.4 Å². The van der Waals surface area contributed by atoms with Crippen LogP contribution in [0.3, 0.4) is 0 Å². The third-order valence-corrected chi connectivity index (χ3v) is 5.88. The molecule has 27 heavy (non-hydrogen) atoms. The maximum Gasteiger partial charge on any atom is 0.150 e. The molecule has 142 valence electrons. The van der Waals surface area contributed by atoms with E-state index in [1.54, 1.807) is 0 Å². The lowest BCUT2D eigenvalue weighted by molar-refractivity contribution is -0.0394. The molecule has 0 aromatic carbocycles. The fraction of sp³-hybridized carbons (Fsp3) is 0.524. The highest BCUT2D eigenvalue weighted by Gasteiger charge is 2.21. The predicted molar refractivity (Wildman–Crippen MR) is 105 cm³/mol. The van der Waals surface area contributed by atoms with Crippen LogP contribution >= 0.6 is 0 Å². The van der Waals surface area contributed by atoms with Gasteiger partial charge in [-0.3, -0.25) is 0 Å². The van der Waals surface area contributed by atoms with E-state index in [4.69, 9.17) is 9.72 Å². The van der Waals surface area contributed by atoms with E-state index in [0.717, 1.165) is 49.3 Å². The summed E-state index contributed by atoms with van der Waals surface area (Å²) < 4.78 is 10.1. The molecule has 0 spiro atoms. The SMILES string of the molecule is C[C@@H]1C[C@@H](Cn2ccc3cc(-c4cnn(C5CCCCO5)c4)cnc32)CN1. The molecule has 5 rings (SSSR count). The van der Waals surface area contributed by atoms with Crippen LogP contribution < -0.4 is 5.32 Å². The van der Waals surface area contributed by atoms with Crippen LogP contribution in [0.15, 0.2) is 36.9 Å². The summed E-state index contributed by atoms with van der Waals surface area (Å²) in [7, 11) is 0. The van der Waals surface area contributed by atoms with E-state index in [0.29, 0.717) is 12.0 Å². The minimum atomic E-state index is 0.0766. The summed E-state index contributed by atoms with van der Waals surface area (Å²) in [6.07, 6.45) is 12.9. The molecular weight excluding hydrogens is 338 g/mol. The van der Waals surface area contributed by atoms with Gasteiger partial charge in [-0.05, 0) is 57.2 Å². The van der Waals surface area contributed by atoms with E-state index in [9.17, 15) is 0 Å². The zero-order chi connectivity index (χ0) is 18.2. The fourth-order valence-electron chi connectivity index (χ4n) is 4.41. The molecule has 2 fully saturated rings. The lowest BCUT2D eigenvalue weighted by Crippen LogP contribution is -2.18. The summed E-state index contributed by atoms with van der Waals surface area (Å²) in [5.74, 6) is 0.686. The second-order valence-corrected chi connectivity index (χ2v) is 8.05. The molecule has 1 N–H and O–H groups in total. The van der Waals surface area contributed by atoms with Crippen LogP contribution in [0.2, 0.25) is 0 Å². The highest BCUT2D eigenvalue weighted by Crippen LogP contribution is 2.27. The summed E-state index contributed by atoms with van der Waals surface area (Å²) in [6, 6.07) is 5.02. The Balaban J connectivity index is 1.36. The Morgan fingerprint density at radius 3 is 3.04 bits per heavy atom. The van der Waals surface area contributed by atoms with E-state index >= 15 is 0 Å². The average Bonchev–Trinajstić information content (AvgIpc) is 3.43. The Kier molecular flexibility index (Phi) is 4.45. The molecule has 3 atom stereocenters. The molecule has 0 amide bonds. The standard InChI is InChI=1S/C21H27N5O/c1-15-8-16(10-22-15)13-25-6-5-17-9-18(11-23-21(17)25)19-12-24-26(14-19)20-4-2-3-7-27-20/h5-6,9,11-12,14-16,20,22H,2-4,7-8,10,13H2,1H3/t15-,16-,20?/m1/s1. The second-order valence-electron chi connectivity index (χ2n) is 8.05. The quantitative estimate of drug-likeness (QED) is 0.768. The number of pyridine rings is 1. The van der Waals surface area contributed by atoms with Gasteiger partial charge >= 0.3 is 0 Å². The van der Waals surface area contributed by atoms with Gasteiger partial charge in [-0.1, -0.05) is 0 Å². The van der Waals surface area contributed by atoms with Gasteiger partial charge in [-0.2, -0.15) is 5.10 Å². The first kappa shape index (κ1) is 17.0. The number of rotatable bonds is 4. The Hall–Kier alpha value is -2.18. The van der Waals surface area contributed by atoms with Gasteiger partial charge in [0.2, 0.25) is 0 Å². The van der Waals surface area contributed by atoms with Crippen molar-refractivity contribution in [3.05, 3.63) is 36.9 Å². The van der Waals surface area contributed by atoms with Crippen LogP contribution in [0, 0.1) is 5.92 Å². The number of aromatic nitrogens is 4. The van der Waals surface area contributed by atoms with Crippen molar-refractivity contribution in [2.24, 2.45) is 5.92 Å². The van der Waals surface area contributed by atoms with Gasteiger partial charge in [0.15, 0.2) is 0 Å². The van der Waals surface area contributed by atoms with Crippen molar-refractivity contribution in [1.82, 2.24) is 24.6 Å². The van der Waals surface area contributed by atoms with Gasteiger partial charge in [0.1, 0.15) is 11.9 Å². The lowest BCUT2D eigenvalue weighted by atomic mass is 10.1. The van der Waals surface area contributed by atoms with Crippen molar-refractivity contribution >= 4 is 11.0 Å². The second kappa shape index (κ2) is 7.09. The highest BCUT2D eigenvalue weighted by atomic mass is 16.5. The summed E-state index contributed by atoms with van der Waals surface area (Å²) in [6.45, 7) is 5.22. The highest BCUT2D eigenvalue weighted by molar-refractivity contribution is 5.81. The Morgan fingerprint density at radius 2 is 2.22 bits per heavy atom. The average molecular weight is 365 g/mol. The summed E-state index contributed by atoms with van der Waals surface area (Å²) in [5, 5.41) is 9.25. The number of fused-ring (bicyclic) bond motifs is 1. The summed E-state index contributed by atoms with van der Waals surface area (Å²) in [4.78, 5) is 4.77. The van der Waals surface area contributed by atoms with Gasteiger partial charge < -0.3 is 14.6 Å². The molecule has 2 aliphatic heterocycles. The molecular formula is C21H27N5O. The molecule has 3 aromatic rings. The summed E-state index contributed by atoms with van der Waals surface area (Å²) in [5.41, 5.74) is 3.28. The number of hydrogen-bond donors (Lipinski definition) is 1. The number of ether oxygens (including phenoxy) is 1. The molecule has 0 saturated carbocycles. The van der Waals surface area contributed by atoms with Gasteiger partial charge in [0.05, 0.1) is 6.20 Å². The Bertz CT molecular complexity index is 924. The zero-order valence-electron chi connectivity index (χ0n) is 15.8. The maximum absolute atomic E-state index is 5.83.